The molecule has 14 heavy (non-hydrogen) atoms. The molecule has 0 heterocycles. The molecule has 0 atom stereocenters. The average Bonchev–Trinajstić information content (AvgIpc) is 2.04. The van der Waals surface area contributed by atoms with Crippen molar-refractivity contribution in [1.29, 1.82) is 0 Å². The minimum Gasteiger partial charge on any atom is -0.224 e. The Labute approximate surface area is 92.0 Å². The van der Waals surface area contributed by atoms with E-state index in [4.69, 9.17) is 0 Å². The summed E-state index contributed by atoms with van der Waals surface area (Å²) in [4.78, 5) is 0.383. The summed E-state index contributed by atoms with van der Waals surface area (Å²) in [5.74, 6) is 0. The van der Waals surface area contributed by atoms with Gasteiger partial charge < -0.3 is 0 Å². The zero-order valence-electron chi connectivity index (χ0n) is 8.19. The van der Waals surface area contributed by atoms with E-state index >= 15 is 0 Å². The Morgan fingerprint density at radius 2 is 1.79 bits per heavy atom. The zero-order chi connectivity index (χ0) is 9.90. The Hall–Kier alpha value is -0.740. The van der Waals surface area contributed by atoms with Gasteiger partial charge in [0, 0.05) is 6.26 Å². The van der Waals surface area contributed by atoms with Crippen LogP contribution in [0, 0.1) is 0 Å². The first-order chi connectivity index (χ1) is 6.05. The van der Waals surface area contributed by atoms with Crippen LogP contribution in [0.2, 0.25) is 0 Å². The van der Waals surface area contributed by atoms with Crippen molar-refractivity contribution in [2.24, 2.45) is 0 Å². The lowest BCUT2D eigenvalue weighted by Crippen LogP contribution is -1.99. The molecule has 1 rings (SSSR count). The Bertz CT molecular complexity index is 420. The Morgan fingerprint density at radius 1 is 1.21 bits per heavy atom. The van der Waals surface area contributed by atoms with E-state index in [1.165, 1.54) is 6.26 Å². The van der Waals surface area contributed by atoms with E-state index in [0.717, 1.165) is 5.56 Å². The van der Waals surface area contributed by atoms with Gasteiger partial charge in [0.1, 0.15) is 0 Å². The highest BCUT2D eigenvalue weighted by Crippen LogP contribution is 2.16. The number of sulfone groups is 1. The summed E-state index contributed by atoms with van der Waals surface area (Å²) >= 11 is 0. The summed E-state index contributed by atoms with van der Waals surface area (Å²) in [7, 11) is -3.11. The van der Waals surface area contributed by atoms with Crippen molar-refractivity contribution in [2.45, 2.75) is 11.8 Å². The molecule has 0 saturated heterocycles. The molecule has 4 heteroatoms. The number of allylic oxidation sites excluding steroid dienone is 1. The summed E-state index contributed by atoms with van der Waals surface area (Å²) < 4.78 is 22.6. The van der Waals surface area contributed by atoms with Crippen LogP contribution in [-0.4, -0.2) is 14.7 Å². The first-order valence-electron chi connectivity index (χ1n) is 3.97. The summed E-state index contributed by atoms with van der Waals surface area (Å²) in [5, 5.41) is 0. The predicted octanol–water partition coefficient (Wildman–Crippen LogP) is 2.24. The van der Waals surface area contributed by atoms with Gasteiger partial charge >= 0.3 is 0 Å². The molecule has 0 fully saturated rings. The van der Waals surface area contributed by atoms with E-state index in [9.17, 15) is 8.42 Å². The van der Waals surface area contributed by atoms with Crippen LogP contribution < -0.4 is 0 Å². The van der Waals surface area contributed by atoms with Gasteiger partial charge in [-0.25, -0.2) is 8.42 Å². The molecule has 0 amide bonds. The van der Waals surface area contributed by atoms with E-state index in [1.807, 2.05) is 19.1 Å². The normalized spacial score (nSPS) is 11.3. The topological polar surface area (TPSA) is 34.1 Å². The van der Waals surface area contributed by atoms with Gasteiger partial charge in [0.15, 0.2) is 9.84 Å². The van der Waals surface area contributed by atoms with Crippen molar-refractivity contribution in [1.82, 2.24) is 0 Å². The van der Waals surface area contributed by atoms with Gasteiger partial charge in [-0.2, -0.15) is 13.5 Å². The maximum absolute atomic E-state index is 11.3. The average molecular weight is 230 g/mol. The minimum atomic E-state index is -3.11. The fraction of sp³-hybridized carbons (Fsp3) is 0.200. The van der Waals surface area contributed by atoms with Crippen molar-refractivity contribution in [3.63, 3.8) is 0 Å². The molecule has 0 radical (unpaired) electrons. The summed E-state index contributed by atoms with van der Waals surface area (Å²) in [5.41, 5.74) is 0.743. The Balaban J connectivity index is 0.00000169. The molecule has 0 aliphatic carbocycles. The molecule has 1 aromatic rings. The smallest absolute Gasteiger partial charge is 0.176 e. The molecular formula is C10H14O2S2. The van der Waals surface area contributed by atoms with Crippen LogP contribution in [0.4, 0.5) is 0 Å². The monoisotopic (exact) mass is 230 g/mol. The lowest BCUT2D eigenvalue weighted by atomic mass is 10.2. The van der Waals surface area contributed by atoms with Gasteiger partial charge in [-0.05, 0) is 18.6 Å². The highest BCUT2D eigenvalue weighted by atomic mass is 32.2. The van der Waals surface area contributed by atoms with Crippen LogP contribution in [0.1, 0.15) is 12.5 Å². The highest BCUT2D eigenvalue weighted by molar-refractivity contribution is 7.90. The zero-order valence-corrected chi connectivity index (χ0v) is 10.0. The lowest BCUT2D eigenvalue weighted by molar-refractivity contribution is 0.601. The second-order valence-electron chi connectivity index (χ2n) is 2.81. The predicted molar refractivity (Wildman–Crippen MR) is 64.6 cm³/mol. The van der Waals surface area contributed by atoms with Crippen LogP contribution >= 0.6 is 13.5 Å². The first kappa shape index (κ1) is 13.3. The molecule has 0 spiro atoms. The molecule has 2 nitrogen and oxygen atoms in total. The molecule has 0 unspecified atom stereocenters. The van der Waals surface area contributed by atoms with E-state index in [1.54, 1.807) is 24.3 Å². The van der Waals surface area contributed by atoms with Crippen LogP contribution in [0.5, 0.6) is 0 Å². The lowest BCUT2D eigenvalue weighted by Gasteiger charge is -2.01. The van der Waals surface area contributed by atoms with E-state index in [0.29, 0.717) is 4.90 Å². The van der Waals surface area contributed by atoms with Crippen LogP contribution in [0.3, 0.4) is 0 Å². The number of hydrogen-bond acceptors (Lipinski definition) is 2. The van der Waals surface area contributed by atoms with Gasteiger partial charge in [-0.1, -0.05) is 30.4 Å². The molecule has 0 N–H and O–H groups in total. The van der Waals surface area contributed by atoms with E-state index in [2.05, 4.69) is 0 Å². The van der Waals surface area contributed by atoms with Gasteiger partial charge in [-0.3, -0.25) is 0 Å². The summed E-state index contributed by atoms with van der Waals surface area (Å²) in [6.07, 6.45) is 4.83. The standard InChI is InChI=1S/C10H12O2S.H2S/c1-3-6-9-7-4-5-8-10(9)13(2,11)12;/h3-8H,1-2H3;1H2/b6-3+;. The highest BCUT2D eigenvalue weighted by Gasteiger charge is 2.09. The van der Waals surface area contributed by atoms with Gasteiger partial charge in [0.2, 0.25) is 0 Å². The molecule has 0 saturated carbocycles. The largest absolute Gasteiger partial charge is 0.224 e. The van der Waals surface area contributed by atoms with Gasteiger partial charge in [0.25, 0.3) is 0 Å². The first-order valence-corrected chi connectivity index (χ1v) is 5.86. The maximum atomic E-state index is 11.3. The fourth-order valence-electron chi connectivity index (χ4n) is 1.14. The van der Waals surface area contributed by atoms with E-state index in [-0.39, 0.29) is 13.5 Å². The summed E-state index contributed by atoms with van der Waals surface area (Å²) in [6.45, 7) is 1.86. The van der Waals surface area contributed by atoms with Crippen LogP contribution in [0.15, 0.2) is 35.2 Å². The molecule has 0 aromatic heterocycles. The van der Waals surface area contributed by atoms with Crippen molar-refractivity contribution in [3.05, 3.63) is 35.9 Å². The van der Waals surface area contributed by atoms with Gasteiger partial charge in [0.05, 0.1) is 4.90 Å². The van der Waals surface area contributed by atoms with Crippen LogP contribution in [0.25, 0.3) is 6.08 Å². The van der Waals surface area contributed by atoms with Crippen molar-refractivity contribution in [2.75, 3.05) is 6.26 Å². The fourth-order valence-corrected chi connectivity index (χ4v) is 2.03. The molecule has 0 bridgehead atoms. The molecule has 0 aliphatic rings. The van der Waals surface area contributed by atoms with Crippen LogP contribution in [-0.2, 0) is 9.84 Å². The van der Waals surface area contributed by atoms with Crippen molar-refractivity contribution >= 4 is 29.4 Å². The quantitative estimate of drug-likeness (QED) is 0.781. The molecule has 1 aromatic carbocycles. The molecule has 0 aliphatic heterocycles. The second kappa shape index (κ2) is 5.22. The minimum absolute atomic E-state index is 0. The SMILES string of the molecule is C/C=C/c1ccccc1S(C)(=O)=O.S. The van der Waals surface area contributed by atoms with E-state index < -0.39 is 9.84 Å². The molecular weight excluding hydrogens is 216 g/mol. The Morgan fingerprint density at radius 3 is 2.29 bits per heavy atom. The van der Waals surface area contributed by atoms with Crippen molar-refractivity contribution in [3.8, 4) is 0 Å². The third-order valence-corrected chi connectivity index (χ3v) is 2.84. The summed E-state index contributed by atoms with van der Waals surface area (Å²) in [6, 6.07) is 6.95. The Kier molecular flexibility index (Phi) is 4.94. The molecule has 78 valence electrons. The third-order valence-electron chi connectivity index (χ3n) is 1.66. The number of rotatable bonds is 2. The number of benzene rings is 1. The number of hydrogen-bond donors (Lipinski definition) is 0. The third kappa shape index (κ3) is 3.20. The maximum Gasteiger partial charge on any atom is 0.176 e. The van der Waals surface area contributed by atoms with Gasteiger partial charge in [-0.15, -0.1) is 0 Å². The van der Waals surface area contributed by atoms with Crippen molar-refractivity contribution < 1.29 is 8.42 Å². The second-order valence-corrected chi connectivity index (χ2v) is 4.79.